The van der Waals surface area contributed by atoms with Crippen molar-refractivity contribution in [1.29, 1.82) is 0 Å². The van der Waals surface area contributed by atoms with Crippen LogP contribution in [0.4, 0.5) is 4.79 Å². The first kappa shape index (κ1) is 120. The average molecular weight is 1940 g/mol. The largest absolute Gasteiger partial charge is 0.466 e. The van der Waals surface area contributed by atoms with E-state index in [4.69, 9.17) is 56.8 Å². The Morgan fingerprint density at radius 2 is 0.772 bits per heavy atom. The molecule has 13 N–H and O–H groups in total. The quantitative estimate of drug-likeness (QED) is 0.0125. The van der Waals surface area contributed by atoms with Crippen molar-refractivity contribution < 1.29 is 184 Å². The van der Waals surface area contributed by atoms with Gasteiger partial charge in [0, 0.05) is 153 Å². The van der Waals surface area contributed by atoms with Crippen LogP contribution in [0.25, 0.3) is 0 Å². The van der Waals surface area contributed by atoms with Crippen LogP contribution in [0.15, 0.2) is 0 Å². The van der Waals surface area contributed by atoms with Crippen molar-refractivity contribution in [3.8, 4) is 0 Å². The number of nitrogens with one attached hydrogen (secondary N) is 3. The summed E-state index contributed by atoms with van der Waals surface area (Å²) in [6, 6.07) is -0.237. The van der Waals surface area contributed by atoms with E-state index >= 15 is 0 Å². The van der Waals surface area contributed by atoms with E-state index in [1.807, 2.05) is 0 Å². The smallest absolute Gasteiger partial charge is 0.407 e. The van der Waals surface area contributed by atoms with E-state index < -0.39 is 129 Å². The number of rotatable bonds is 74. The van der Waals surface area contributed by atoms with Gasteiger partial charge in [-0.3, -0.25) is 38.4 Å². The summed E-state index contributed by atoms with van der Waals surface area (Å²) in [4.78, 5) is 118. The number of nitrogens with zero attached hydrogens (tertiary/aromatic N) is 1. The number of unbranched alkanes of at least 4 members (excludes halogenated alkanes) is 13. The molecule has 38 heteroatoms. The molecular formula is C89H160N4O31S2Y. The van der Waals surface area contributed by atoms with Gasteiger partial charge in [-0.15, -0.1) is 0 Å². The number of Topliss-reactive ketones (excluding diaryl/α,β-unsaturated/α-hetero) is 2. The minimum atomic E-state index is -1.23. The van der Waals surface area contributed by atoms with Crippen LogP contribution in [0.3, 0.4) is 0 Å². The molecule has 0 spiro atoms. The third-order valence-corrected chi connectivity index (χ3v) is 26.0. The zero-order valence-corrected chi connectivity index (χ0v) is 80.0. The molecular weight excluding hydrogens is 1770 g/mol. The van der Waals surface area contributed by atoms with Crippen molar-refractivity contribution >= 4 is 74.9 Å². The molecule has 15 unspecified atom stereocenters. The molecule has 4 aliphatic rings. The molecule has 1 radical (unpaired) electrons. The van der Waals surface area contributed by atoms with Crippen molar-refractivity contribution in [3.05, 3.63) is 0 Å². The van der Waals surface area contributed by atoms with Gasteiger partial charge in [0.05, 0.1) is 116 Å². The number of ether oxygens (including phenoxy) is 12. The maximum absolute atomic E-state index is 14.0. The SMILES string of the molecule is C.CO[C@H]1C[C@H](CO)N(C(=O)CCCCC(=O)CCCSSCCOCCOC(=O)CC(CCCOC(=O)CCCCCCCNC(=O)CCCOC2OC(CO)C(O)C(O)C2C)(CCCOC(=O)CCCCCCCNC(=O)CCCOC2OC(CO)C(O)C(O)C2C)CCCOC(=O)NCCCCCCCC(=O)CCCOC2OC(CO)C(O)C(O)C2C)C1.[Y]. The van der Waals surface area contributed by atoms with Gasteiger partial charge in [-0.05, 0) is 127 Å². The fourth-order valence-electron chi connectivity index (χ4n) is 15.7. The number of hydrogen-bond donors (Lipinski definition) is 13. The maximum atomic E-state index is 14.0. The Labute approximate surface area is 786 Å². The van der Waals surface area contributed by atoms with Gasteiger partial charge < -0.3 is 129 Å². The van der Waals surface area contributed by atoms with E-state index in [9.17, 15) is 94.2 Å². The second-order valence-corrected chi connectivity index (χ2v) is 36.4. The van der Waals surface area contributed by atoms with Crippen LogP contribution in [0, 0.1) is 23.2 Å². The molecule has 0 aromatic rings. The summed E-state index contributed by atoms with van der Waals surface area (Å²) in [7, 11) is 4.86. The van der Waals surface area contributed by atoms with E-state index in [1.165, 1.54) is 0 Å². The summed E-state index contributed by atoms with van der Waals surface area (Å²) in [5, 5.41) is 108. The second kappa shape index (κ2) is 72.9. The molecule has 0 aliphatic carbocycles. The number of aliphatic hydroxyl groups is 10. The van der Waals surface area contributed by atoms with Crippen molar-refractivity contribution in [2.24, 2.45) is 23.2 Å². The Bertz CT molecular complexity index is 2720. The minimum Gasteiger partial charge on any atom is -0.466 e. The molecule has 0 saturated carbocycles. The molecule has 4 heterocycles. The molecule has 127 heavy (non-hydrogen) atoms. The first-order valence-electron chi connectivity index (χ1n) is 46.2. The standard InChI is InChI=1S/C88H156N4O31S2.CH4.Y/c1-62-78(105)81(108)69(59-94)121-84(62)117-44-22-31-66(97)29-14-8-5-13-21-43-91-87(111)120-49-28-40-88(38-26-47-114-75(102)36-15-9-6-11-19-41-89-72(99)33-23-45-118-85-63(2)79(106)82(109)70(60-95)122-85,39-27-48-115-76(103)37-16-10-7-12-20-42-90-73(100)34-24-46-119-86-64(3)80(107)83(110)71(61-96)123-86)56-77(104)116-51-50-113-52-54-125-124-53-25-32-67(98)30-17-18-35-74(101)92-57-68(112-4)55-65(92)58-93;;/h62-65,68-71,78-86,93-96,105-110H,5-61H2,1-4H3,(H,89,99)(H,90,100)(H,91,111);1H4;/t62?,63?,64?,65-,68+,69?,70?,71?,78?,79?,80?,81?,82?,83?,84?,85?,86?,88?;;/m1../s1. The molecule has 4 amide bonds. The fraction of sp³-hybridized carbons (Fsp3) is 0.899. The molecule has 737 valence electrons. The molecule has 4 rings (SSSR count). The third-order valence-electron chi connectivity index (χ3n) is 23.5. The molecule has 4 saturated heterocycles. The average Bonchev–Trinajstić information content (AvgIpc) is 1.63. The molecule has 17 atom stereocenters. The molecule has 0 bridgehead atoms. The van der Waals surface area contributed by atoms with Gasteiger partial charge in [-0.2, -0.15) is 0 Å². The monoisotopic (exact) mass is 1930 g/mol. The third kappa shape index (κ3) is 51.1. The van der Waals surface area contributed by atoms with E-state index in [2.05, 4.69) is 16.0 Å². The number of hydrogen-bond acceptors (Lipinski definition) is 33. The summed E-state index contributed by atoms with van der Waals surface area (Å²) in [5.74, 6) is -1.38. The fourth-order valence-corrected chi connectivity index (χ4v) is 17.6. The number of esters is 3. The van der Waals surface area contributed by atoms with Crippen molar-refractivity contribution in [3.63, 3.8) is 0 Å². The number of carbonyl (C=O) groups excluding carboxylic acids is 9. The second-order valence-electron chi connectivity index (χ2n) is 33.7. The normalized spacial score (nSPS) is 24.5. The summed E-state index contributed by atoms with van der Waals surface area (Å²) < 4.78 is 68.1. The number of methoxy groups -OCH3 is 1. The van der Waals surface area contributed by atoms with Crippen molar-refractivity contribution in [1.82, 2.24) is 20.9 Å². The van der Waals surface area contributed by atoms with Crippen LogP contribution in [0.5, 0.6) is 0 Å². The van der Waals surface area contributed by atoms with Crippen LogP contribution in [0.2, 0.25) is 0 Å². The Morgan fingerprint density at radius 3 is 1.22 bits per heavy atom. The molecule has 4 aliphatic heterocycles. The zero-order chi connectivity index (χ0) is 91.4. The molecule has 0 aromatic carbocycles. The van der Waals surface area contributed by atoms with Gasteiger partial charge in [0.2, 0.25) is 17.7 Å². The van der Waals surface area contributed by atoms with Crippen LogP contribution in [-0.2, 0) is 128 Å². The summed E-state index contributed by atoms with van der Waals surface area (Å²) in [5.41, 5.74) is -0.771. The Kier molecular flexibility index (Phi) is 68.7. The van der Waals surface area contributed by atoms with Crippen LogP contribution in [0.1, 0.15) is 272 Å². The zero-order valence-electron chi connectivity index (χ0n) is 75.5. The van der Waals surface area contributed by atoms with Crippen LogP contribution in [-0.4, -0.2) is 326 Å². The van der Waals surface area contributed by atoms with E-state index in [0.717, 1.165) is 82.8 Å². The minimum absolute atomic E-state index is 0. The van der Waals surface area contributed by atoms with Gasteiger partial charge in [0.15, 0.2) is 18.9 Å². The van der Waals surface area contributed by atoms with Gasteiger partial charge >= 0.3 is 24.0 Å². The predicted molar refractivity (Wildman–Crippen MR) is 471 cm³/mol. The van der Waals surface area contributed by atoms with Crippen molar-refractivity contribution in [2.45, 2.75) is 358 Å². The number of likely N-dealkylation sites (tertiary alicyclic amines) is 1. The van der Waals surface area contributed by atoms with E-state index in [1.54, 1.807) is 54.4 Å². The summed E-state index contributed by atoms with van der Waals surface area (Å²) >= 11 is 0. The number of aliphatic hydroxyl groups excluding tert-OH is 10. The van der Waals surface area contributed by atoms with Gasteiger partial charge in [0.25, 0.3) is 0 Å². The number of alkyl carbamates (subject to hydrolysis) is 1. The van der Waals surface area contributed by atoms with Gasteiger partial charge in [-0.1, -0.05) is 108 Å². The predicted octanol–water partition coefficient (Wildman–Crippen LogP) is 7.05. The Morgan fingerprint density at radius 1 is 0.394 bits per heavy atom. The maximum Gasteiger partial charge on any atom is 0.407 e. The number of amides is 4. The molecule has 4 fully saturated rings. The van der Waals surface area contributed by atoms with Gasteiger partial charge in [-0.25, -0.2) is 4.79 Å². The van der Waals surface area contributed by atoms with E-state index in [0.29, 0.717) is 173 Å². The molecule has 0 aromatic heterocycles. The number of carbonyl (C=O) groups is 9. The van der Waals surface area contributed by atoms with Crippen LogP contribution >= 0.6 is 21.6 Å². The summed E-state index contributed by atoms with van der Waals surface area (Å²) in [6.07, 6.45) is 7.32. The van der Waals surface area contributed by atoms with E-state index in [-0.39, 0.29) is 185 Å². The van der Waals surface area contributed by atoms with Crippen LogP contribution < -0.4 is 16.0 Å². The Balaban J connectivity index is 0.0000273. The Hall–Kier alpha value is -3.49. The molecule has 35 nitrogen and oxygen atoms in total. The van der Waals surface area contributed by atoms with Gasteiger partial charge in [0.1, 0.15) is 54.8 Å². The first-order valence-corrected chi connectivity index (χ1v) is 48.7. The van der Waals surface area contributed by atoms with Crippen molar-refractivity contribution in [2.75, 3.05) is 131 Å². The topological polar surface area (TPSA) is 506 Å². The number of ketones is 2. The summed E-state index contributed by atoms with van der Waals surface area (Å²) in [6.45, 7) is 6.63. The first-order chi connectivity index (χ1) is 60.3.